The maximum Gasteiger partial charge on any atom is 0.331 e. The number of ether oxygens (including phenoxy) is 3. The van der Waals surface area contributed by atoms with E-state index in [4.69, 9.17) is 14.2 Å². The first kappa shape index (κ1) is 27.8. The van der Waals surface area contributed by atoms with Gasteiger partial charge in [0.05, 0.1) is 28.8 Å². The van der Waals surface area contributed by atoms with E-state index in [1.807, 2.05) is 0 Å². The van der Waals surface area contributed by atoms with Gasteiger partial charge in [0.2, 0.25) is 0 Å². The van der Waals surface area contributed by atoms with E-state index < -0.39 is 58.8 Å². The first-order chi connectivity index (χ1) is 18.4. The number of cyclic esters (lactones) is 1. The van der Waals surface area contributed by atoms with Crippen molar-refractivity contribution in [2.45, 2.75) is 120 Å². The van der Waals surface area contributed by atoms with Gasteiger partial charge in [0.1, 0.15) is 31.2 Å². The molecule has 1 saturated heterocycles. The Kier molecular flexibility index (Phi) is 6.62. The smallest absolute Gasteiger partial charge is 0.331 e. The summed E-state index contributed by atoms with van der Waals surface area (Å²) in [5.41, 5.74) is -2.86. The fraction of sp³-hybridized carbons (Fsp3) is 0.862. The summed E-state index contributed by atoms with van der Waals surface area (Å²) in [6.07, 6.45) is 0.689. The fourth-order valence-corrected chi connectivity index (χ4v) is 9.75. The number of hydrogen-bond acceptors (Lipinski definition) is 10. The Labute approximate surface area is 228 Å². The van der Waals surface area contributed by atoms with Crippen molar-refractivity contribution in [1.82, 2.24) is 0 Å². The number of aliphatic hydroxyl groups excluding tert-OH is 3. The van der Waals surface area contributed by atoms with Gasteiger partial charge >= 0.3 is 5.97 Å². The topological polar surface area (TPSA) is 163 Å². The summed E-state index contributed by atoms with van der Waals surface area (Å²) in [6, 6.07) is 0. The van der Waals surface area contributed by atoms with Gasteiger partial charge in [-0.05, 0) is 81.6 Å². The Morgan fingerprint density at radius 1 is 0.974 bits per heavy atom. The molecule has 6 rings (SSSR count). The van der Waals surface area contributed by atoms with E-state index in [1.165, 1.54) is 0 Å². The minimum absolute atomic E-state index is 0.0465. The molecule has 10 nitrogen and oxygen atoms in total. The van der Waals surface area contributed by atoms with Gasteiger partial charge in [-0.3, -0.25) is 0 Å². The third kappa shape index (κ3) is 3.78. The quantitative estimate of drug-likeness (QED) is 0.192. The van der Waals surface area contributed by atoms with Crippen molar-refractivity contribution in [2.24, 2.45) is 28.6 Å². The zero-order valence-corrected chi connectivity index (χ0v) is 22.7. The van der Waals surface area contributed by atoms with E-state index in [2.05, 4.69) is 6.92 Å². The normalized spacial score (nSPS) is 55.2. The van der Waals surface area contributed by atoms with Gasteiger partial charge < -0.3 is 44.5 Å². The summed E-state index contributed by atoms with van der Waals surface area (Å²) in [6.45, 7) is 3.98. The van der Waals surface area contributed by atoms with Gasteiger partial charge in [-0.2, -0.15) is 0 Å². The summed E-state index contributed by atoms with van der Waals surface area (Å²) < 4.78 is 16.9. The second-order valence-corrected chi connectivity index (χ2v) is 13.4. The molecule has 0 aromatic rings. The number of aliphatic hydroxyl groups is 5. The van der Waals surface area contributed by atoms with Crippen LogP contribution in [0.4, 0.5) is 0 Å². The minimum Gasteiger partial charge on any atom is -0.458 e. The highest BCUT2D eigenvalue weighted by Gasteiger charge is 2.71. The zero-order valence-electron chi connectivity index (χ0n) is 22.7. The molecule has 5 fully saturated rings. The van der Waals surface area contributed by atoms with Gasteiger partial charge in [-0.1, -0.05) is 6.92 Å². The van der Waals surface area contributed by atoms with E-state index in [1.54, 1.807) is 13.0 Å². The Hall–Kier alpha value is -1.40. The molecule has 10 heteroatoms. The summed E-state index contributed by atoms with van der Waals surface area (Å²) in [5.74, 6) is -0.616. The van der Waals surface area contributed by atoms with Gasteiger partial charge in [0.25, 0.3) is 0 Å². The largest absolute Gasteiger partial charge is 0.458 e. The molecule has 0 radical (unpaired) electrons. The van der Waals surface area contributed by atoms with Crippen LogP contribution in [-0.4, -0.2) is 92.4 Å². The second-order valence-electron chi connectivity index (χ2n) is 13.4. The van der Waals surface area contributed by atoms with E-state index in [-0.39, 0.29) is 36.8 Å². The number of hydrogen-bond donors (Lipinski definition) is 5. The third-order valence-corrected chi connectivity index (χ3v) is 12.0. The summed E-state index contributed by atoms with van der Waals surface area (Å²) in [4.78, 5) is 24.8. The number of esters is 1. The second kappa shape index (κ2) is 9.31. The van der Waals surface area contributed by atoms with Crippen molar-refractivity contribution in [1.29, 1.82) is 0 Å². The molecule has 0 spiro atoms. The maximum absolute atomic E-state index is 13.0. The van der Waals surface area contributed by atoms with Gasteiger partial charge in [-0.15, -0.1) is 0 Å². The Morgan fingerprint density at radius 2 is 1.72 bits per heavy atom. The Balaban J connectivity index is 1.22. The molecule has 5 N–H and O–H groups in total. The van der Waals surface area contributed by atoms with Crippen LogP contribution < -0.4 is 0 Å². The van der Waals surface area contributed by atoms with Crippen molar-refractivity contribution >= 4 is 12.3 Å². The van der Waals surface area contributed by atoms with Crippen molar-refractivity contribution in [2.75, 3.05) is 6.61 Å². The van der Waals surface area contributed by atoms with Crippen LogP contribution in [0.3, 0.4) is 0 Å². The highest BCUT2D eigenvalue weighted by atomic mass is 16.7. The molecular weight excluding hydrogens is 508 g/mol. The molecule has 0 amide bonds. The molecule has 0 bridgehead atoms. The van der Waals surface area contributed by atoms with Gasteiger partial charge in [0.15, 0.2) is 6.29 Å². The van der Waals surface area contributed by atoms with E-state index in [0.29, 0.717) is 44.9 Å². The molecule has 6 aliphatic rings. The fourth-order valence-electron chi connectivity index (χ4n) is 9.75. The number of aldehydes is 1. The average Bonchev–Trinajstić information content (AvgIpc) is 3.45. The third-order valence-electron chi connectivity index (χ3n) is 12.0. The lowest BCUT2D eigenvalue weighted by Crippen LogP contribution is -2.69. The Morgan fingerprint density at radius 3 is 2.41 bits per heavy atom. The first-order valence-corrected chi connectivity index (χ1v) is 14.5. The van der Waals surface area contributed by atoms with Crippen LogP contribution in [-0.2, 0) is 23.8 Å². The van der Waals surface area contributed by atoms with Crippen LogP contribution in [0.25, 0.3) is 0 Å². The SMILES string of the molecule is C[C@H]1O[C@@H](O[C@H]2CC[C@]3(C=O)[C@H]4CC[C@]5(C)[C@@H](C6=CC(=O)OC6)CC[C@]5(O)[C@@H]4CC[C@]3(O)C2)[C@@H](O)[C@@H](O)[C@@H]1O. The van der Waals surface area contributed by atoms with Crippen LogP contribution in [0, 0.1) is 28.6 Å². The van der Waals surface area contributed by atoms with Crippen LogP contribution in [0.15, 0.2) is 11.6 Å². The number of fused-ring (bicyclic) bond motifs is 5. The van der Waals surface area contributed by atoms with Crippen molar-refractivity contribution in [3.05, 3.63) is 11.6 Å². The lowest BCUT2D eigenvalue weighted by atomic mass is 9.41. The number of carbonyl (C=O) groups excluding carboxylic acids is 2. The lowest BCUT2D eigenvalue weighted by Gasteiger charge is -2.65. The monoisotopic (exact) mass is 550 g/mol. The van der Waals surface area contributed by atoms with E-state index in [0.717, 1.165) is 18.3 Å². The highest BCUT2D eigenvalue weighted by Crippen LogP contribution is 2.70. The average molecular weight is 551 g/mol. The molecule has 0 unspecified atom stereocenters. The molecule has 0 aromatic carbocycles. The van der Waals surface area contributed by atoms with E-state index in [9.17, 15) is 35.1 Å². The Bertz CT molecular complexity index is 1050. The van der Waals surface area contributed by atoms with Gasteiger partial charge in [-0.25, -0.2) is 4.79 Å². The van der Waals surface area contributed by atoms with E-state index >= 15 is 0 Å². The van der Waals surface area contributed by atoms with Crippen molar-refractivity contribution in [3.63, 3.8) is 0 Å². The molecule has 39 heavy (non-hydrogen) atoms. The van der Waals surface area contributed by atoms with Crippen LogP contribution >= 0.6 is 0 Å². The molecule has 0 aromatic heterocycles. The molecule has 2 aliphatic heterocycles. The summed E-state index contributed by atoms with van der Waals surface area (Å²) in [7, 11) is 0. The van der Waals surface area contributed by atoms with Crippen LogP contribution in [0.2, 0.25) is 0 Å². The molecule has 4 saturated carbocycles. The first-order valence-electron chi connectivity index (χ1n) is 14.5. The molecule has 4 aliphatic carbocycles. The summed E-state index contributed by atoms with van der Waals surface area (Å²) >= 11 is 0. The summed E-state index contributed by atoms with van der Waals surface area (Å²) in [5, 5.41) is 55.0. The van der Waals surface area contributed by atoms with Crippen LogP contribution in [0.1, 0.15) is 71.6 Å². The van der Waals surface area contributed by atoms with Crippen LogP contribution in [0.5, 0.6) is 0 Å². The standard InChI is InChI=1S/C29H42O10/c1-15-22(32)23(33)24(34)25(38-15)39-17-3-8-27(14-30)19-4-7-26(2)18(16-11-21(31)37-13-16)6-10-29(26,36)20(19)5-9-28(27,35)12-17/h11,14-15,17-20,22-25,32-36H,3-10,12-13H2,1-2H3/t15-,17+,18-,19+,20-,22-,23+,24+,25+,26-,27+,28+,29+/m1/s1. The molecular formula is C29H42O10. The predicted octanol–water partition coefficient (Wildman–Crippen LogP) is 0.750. The number of rotatable bonds is 4. The molecule has 218 valence electrons. The highest BCUT2D eigenvalue weighted by molar-refractivity contribution is 5.85. The number of carbonyl (C=O) groups is 2. The molecule has 2 heterocycles. The maximum atomic E-state index is 13.0. The predicted molar refractivity (Wildman–Crippen MR) is 135 cm³/mol. The lowest BCUT2D eigenvalue weighted by molar-refractivity contribution is -0.317. The zero-order chi connectivity index (χ0) is 28.0. The van der Waals surface area contributed by atoms with Crippen molar-refractivity contribution < 1.29 is 49.3 Å². The van der Waals surface area contributed by atoms with Gasteiger partial charge in [0, 0.05) is 17.9 Å². The minimum atomic E-state index is -1.43. The van der Waals surface area contributed by atoms with Crippen molar-refractivity contribution in [3.8, 4) is 0 Å². The molecule has 13 atom stereocenters.